The maximum Gasteiger partial charge on any atom is 0.255 e. The number of hydrogen-bond acceptors (Lipinski definition) is 8. The van der Waals surface area contributed by atoms with Crippen LogP contribution in [-0.2, 0) is 33.6 Å². The summed E-state index contributed by atoms with van der Waals surface area (Å²) < 4.78 is 12.6. The molecular formula is C27H33FN2O7. The third-order valence-electron chi connectivity index (χ3n) is 8.10. The van der Waals surface area contributed by atoms with Crippen molar-refractivity contribution in [2.75, 3.05) is 20.8 Å². The van der Waals surface area contributed by atoms with Gasteiger partial charge < -0.3 is 26.2 Å². The number of rotatable bonds is 7. The van der Waals surface area contributed by atoms with E-state index in [4.69, 9.17) is 5.73 Å². The van der Waals surface area contributed by atoms with E-state index in [9.17, 15) is 39.2 Å². The van der Waals surface area contributed by atoms with Gasteiger partial charge in [0, 0.05) is 11.5 Å². The number of carbonyl (C=O) groups excluding carboxylic acids is 3. The largest absolute Gasteiger partial charge is 0.508 e. The molecular weight excluding hydrogens is 483 g/mol. The van der Waals surface area contributed by atoms with Gasteiger partial charge in [0.1, 0.15) is 22.8 Å². The van der Waals surface area contributed by atoms with Crippen LogP contribution >= 0.6 is 0 Å². The maximum atomic E-state index is 13.9. The average Bonchev–Trinajstić information content (AvgIpc) is 2.82. The van der Waals surface area contributed by atoms with Crippen LogP contribution in [0.1, 0.15) is 48.4 Å². The maximum absolute atomic E-state index is 13.9. The molecule has 0 aliphatic heterocycles. The lowest BCUT2D eigenvalue weighted by molar-refractivity contribution is -0.153. The van der Waals surface area contributed by atoms with Gasteiger partial charge in [-0.2, -0.15) is 0 Å². The number of aliphatic hydroxyl groups excluding tert-OH is 2. The predicted octanol–water partition coefficient (Wildman–Crippen LogP) is 1.82. The van der Waals surface area contributed by atoms with Crippen molar-refractivity contribution in [2.24, 2.45) is 17.6 Å². The number of halogens is 1. The summed E-state index contributed by atoms with van der Waals surface area (Å²) in [6.45, 7) is 1.44. The molecule has 1 amide bonds. The molecule has 1 aromatic carbocycles. The van der Waals surface area contributed by atoms with Gasteiger partial charge in [0.05, 0.1) is 18.3 Å². The van der Waals surface area contributed by atoms with Crippen molar-refractivity contribution in [3.05, 3.63) is 45.2 Å². The number of primary amides is 1. The molecule has 0 aromatic heterocycles. The molecule has 9 nitrogen and oxygen atoms in total. The molecule has 200 valence electrons. The summed E-state index contributed by atoms with van der Waals surface area (Å²) in [7, 11) is 3.12. The third kappa shape index (κ3) is 3.85. The average molecular weight is 517 g/mol. The first kappa shape index (κ1) is 26.8. The van der Waals surface area contributed by atoms with E-state index >= 15 is 0 Å². The first-order valence-electron chi connectivity index (χ1n) is 12.5. The molecule has 3 aliphatic carbocycles. The number of hydrogen-bond donors (Lipinski definition) is 5. The minimum absolute atomic E-state index is 0.0495. The highest BCUT2D eigenvalue weighted by Crippen LogP contribution is 2.53. The second-order valence-electron chi connectivity index (χ2n) is 10.4. The van der Waals surface area contributed by atoms with Gasteiger partial charge in [-0.05, 0) is 75.2 Å². The van der Waals surface area contributed by atoms with Crippen molar-refractivity contribution in [3.8, 4) is 5.75 Å². The Hall–Kier alpha value is -3.24. The van der Waals surface area contributed by atoms with E-state index in [1.54, 1.807) is 14.1 Å². The molecule has 4 atom stereocenters. The molecule has 0 spiro atoms. The van der Waals surface area contributed by atoms with Crippen molar-refractivity contribution >= 4 is 23.2 Å². The molecule has 0 bridgehead atoms. The normalized spacial score (nSPS) is 27.4. The molecule has 0 heterocycles. The van der Waals surface area contributed by atoms with E-state index in [-0.39, 0.29) is 29.7 Å². The third-order valence-corrected chi connectivity index (χ3v) is 8.10. The van der Waals surface area contributed by atoms with E-state index < -0.39 is 64.7 Å². The van der Waals surface area contributed by atoms with Crippen LogP contribution in [0.2, 0.25) is 0 Å². The molecule has 0 saturated heterocycles. The van der Waals surface area contributed by atoms with Crippen LogP contribution in [0.4, 0.5) is 4.39 Å². The Balaban J connectivity index is 1.93. The number of ketones is 2. The fraction of sp³-hybridized carbons (Fsp3) is 0.519. The highest BCUT2D eigenvalue weighted by molar-refractivity contribution is 6.24. The second kappa shape index (κ2) is 9.57. The van der Waals surface area contributed by atoms with Crippen LogP contribution in [0.25, 0.3) is 5.76 Å². The number of carbonyl (C=O) groups is 3. The quantitative estimate of drug-likeness (QED) is 0.271. The molecule has 1 saturated carbocycles. The van der Waals surface area contributed by atoms with E-state index in [1.165, 1.54) is 4.90 Å². The van der Waals surface area contributed by atoms with Crippen LogP contribution < -0.4 is 5.73 Å². The smallest absolute Gasteiger partial charge is 0.255 e. The van der Waals surface area contributed by atoms with E-state index in [0.717, 1.165) is 5.56 Å². The second-order valence-corrected chi connectivity index (χ2v) is 10.4. The summed E-state index contributed by atoms with van der Waals surface area (Å²) in [5.74, 6) is -6.62. The number of Topliss-reactive ketones (excluding diaryl/α,β-unsaturated/α-hetero) is 2. The lowest BCUT2D eigenvalue weighted by Crippen LogP contribution is -2.65. The fourth-order valence-corrected chi connectivity index (χ4v) is 6.37. The van der Waals surface area contributed by atoms with Crippen molar-refractivity contribution in [3.63, 3.8) is 0 Å². The van der Waals surface area contributed by atoms with Gasteiger partial charge in [-0.1, -0.05) is 13.0 Å². The molecule has 6 N–H and O–H groups in total. The molecule has 37 heavy (non-hydrogen) atoms. The standard InChI is InChI=1S/C27H33FN2O7/c1-4-12-9-13(7-5-6-8-28)21(31)18-15(12)10-14-11-16-20(30(2)3)23(33)19(26(29)36)25(35)27(16,37)24(34)17(14)22(18)32/h9,14,16,20,31-32,35,37H,4-8,10-11H2,1-3H3,(H2,29,36)/t14-,16-,20-,27-/m0/s1. The SMILES string of the molecule is CCc1cc(CCCCF)c(O)c2c1C[C@H]1C[C@H]3[C@H](N(C)C)C(=O)C(C(N)=O)=C(O)[C@@]3(O)C(=O)C1=C2O. The number of benzene rings is 1. The van der Waals surface area contributed by atoms with Crippen LogP contribution in [0.15, 0.2) is 23.0 Å². The van der Waals surface area contributed by atoms with E-state index in [0.29, 0.717) is 36.8 Å². The summed E-state index contributed by atoms with van der Waals surface area (Å²) in [5, 5.41) is 45.0. The summed E-state index contributed by atoms with van der Waals surface area (Å²) in [4.78, 5) is 40.6. The van der Waals surface area contributed by atoms with Gasteiger partial charge >= 0.3 is 0 Å². The minimum Gasteiger partial charge on any atom is -0.508 e. The van der Waals surface area contributed by atoms with Gasteiger partial charge in [-0.3, -0.25) is 23.7 Å². The molecule has 4 rings (SSSR count). The van der Waals surface area contributed by atoms with Crippen molar-refractivity contribution in [1.82, 2.24) is 4.90 Å². The topological polar surface area (TPSA) is 161 Å². The van der Waals surface area contributed by atoms with Crippen molar-refractivity contribution < 1.29 is 39.2 Å². The lowest BCUT2D eigenvalue weighted by atomic mass is 9.57. The number of aryl methyl sites for hydroxylation is 2. The number of fused-ring (bicyclic) bond motifs is 3. The number of aliphatic hydroxyl groups is 3. The highest BCUT2D eigenvalue weighted by atomic mass is 19.1. The van der Waals surface area contributed by atoms with Crippen molar-refractivity contribution in [1.29, 1.82) is 0 Å². The monoisotopic (exact) mass is 516 g/mol. The number of alkyl halides is 1. The fourth-order valence-electron chi connectivity index (χ4n) is 6.37. The number of phenolic OH excluding ortho intramolecular Hbond substituents is 1. The minimum atomic E-state index is -2.66. The number of phenols is 1. The van der Waals surface area contributed by atoms with E-state index in [2.05, 4.69) is 0 Å². The Bertz CT molecular complexity index is 1250. The van der Waals surface area contributed by atoms with Crippen LogP contribution in [0, 0.1) is 11.8 Å². The Morgan fingerprint density at radius 1 is 1.19 bits per heavy atom. The molecule has 0 unspecified atom stereocenters. The first-order chi connectivity index (χ1) is 17.4. The zero-order valence-corrected chi connectivity index (χ0v) is 21.2. The number of unbranched alkanes of at least 4 members (excludes halogenated alkanes) is 1. The van der Waals surface area contributed by atoms with Crippen LogP contribution in [-0.4, -0.2) is 75.2 Å². The van der Waals surface area contributed by atoms with Gasteiger partial charge in [-0.25, -0.2) is 0 Å². The number of nitrogens with zero attached hydrogens (tertiary/aromatic N) is 1. The van der Waals surface area contributed by atoms with Gasteiger partial charge in [0.15, 0.2) is 11.4 Å². The van der Waals surface area contributed by atoms with Gasteiger partial charge in [-0.15, -0.1) is 0 Å². The van der Waals surface area contributed by atoms with Crippen molar-refractivity contribution in [2.45, 2.75) is 57.1 Å². The van der Waals surface area contributed by atoms with E-state index in [1.807, 2.05) is 13.0 Å². The predicted molar refractivity (Wildman–Crippen MR) is 133 cm³/mol. The Morgan fingerprint density at radius 2 is 1.86 bits per heavy atom. The highest BCUT2D eigenvalue weighted by Gasteiger charge is 2.64. The Morgan fingerprint density at radius 3 is 2.43 bits per heavy atom. The lowest BCUT2D eigenvalue weighted by Gasteiger charge is -2.50. The molecule has 3 aliphatic rings. The summed E-state index contributed by atoms with van der Waals surface area (Å²) >= 11 is 0. The zero-order chi connectivity index (χ0) is 27.4. The number of nitrogens with two attached hydrogens (primary N) is 1. The van der Waals surface area contributed by atoms with Gasteiger partial charge in [0.2, 0.25) is 5.78 Å². The summed E-state index contributed by atoms with van der Waals surface area (Å²) in [6.07, 6.45) is 2.07. The van der Waals surface area contributed by atoms with Gasteiger partial charge in [0.25, 0.3) is 5.91 Å². The Labute approximate surface area is 214 Å². The zero-order valence-electron chi connectivity index (χ0n) is 21.2. The Kier molecular flexibility index (Phi) is 6.94. The summed E-state index contributed by atoms with van der Waals surface area (Å²) in [5.41, 5.74) is 3.80. The van der Waals surface area contributed by atoms with Crippen LogP contribution in [0.3, 0.4) is 0 Å². The number of amides is 1. The molecule has 0 radical (unpaired) electrons. The molecule has 1 aromatic rings. The summed E-state index contributed by atoms with van der Waals surface area (Å²) in [6, 6.07) is 0.723. The number of likely N-dealkylation sites (N-methyl/N-ethyl adjacent to an activating group) is 1. The van der Waals surface area contributed by atoms with Crippen LogP contribution in [0.5, 0.6) is 5.75 Å². The molecule has 10 heteroatoms. The first-order valence-corrected chi connectivity index (χ1v) is 12.5. The molecule has 1 fully saturated rings. The number of aromatic hydroxyl groups is 1.